The quantitative estimate of drug-likeness (QED) is 0.723. The van der Waals surface area contributed by atoms with Crippen LogP contribution in [0, 0.1) is 5.92 Å². The highest BCUT2D eigenvalue weighted by molar-refractivity contribution is 5.45. The molecule has 0 fully saturated rings. The van der Waals surface area contributed by atoms with Gasteiger partial charge in [-0.3, -0.25) is 0 Å². The molecule has 0 bridgehead atoms. The third-order valence-corrected chi connectivity index (χ3v) is 1.93. The first-order valence-electron chi connectivity index (χ1n) is 5.41. The predicted octanol–water partition coefficient (Wildman–Crippen LogP) is 2.13. The van der Waals surface area contributed by atoms with E-state index in [1.807, 2.05) is 12.4 Å². The summed E-state index contributed by atoms with van der Waals surface area (Å²) in [5, 5.41) is 3.39. The Morgan fingerprint density at radius 2 is 2.07 bits per heavy atom. The van der Waals surface area contributed by atoms with Gasteiger partial charge in [0.05, 0.1) is 0 Å². The van der Waals surface area contributed by atoms with Crippen LogP contribution in [0.4, 0.5) is 0 Å². The van der Waals surface area contributed by atoms with Crippen molar-refractivity contribution in [3.05, 3.63) is 30.4 Å². The fourth-order valence-electron chi connectivity index (χ4n) is 1.19. The van der Waals surface area contributed by atoms with E-state index in [2.05, 4.69) is 41.3 Å². The van der Waals surface area contributed by atoms with Crippen molar-refractivity contribution in [1.29, 1.82) is 0 Å². The van der Waals surface area contributed by atoms with Crippen molar-refractivity contribution in [2.24, 2.45) is 5.92 Å². The molecule has 1 rings (SSSR count). The first-order valence-corrected chi connectivity index (χ1v) is 5.41. The fourth-order valence-corrected chi connectivity index (χ4v) is 1.19. The zero-order valence-electron chi connectivity index (χ0n) is 9.48. The van der Waals surface area contributed by atoms with Gasteiger partial charge in [-0.05, 0) is 25.4 Å². The van der Waals surface area contributed by atoms with E-state index in [1.165, 1.54) is 0 Å². The molecule has 0 amide bonds. The number of nitrogens with zero attached hydrogens (tertiary/aromatic N) is 2. The summed E-state index contributed by atoms with van der Waals surface area (Å²) in [5.41, 5.74) is 1.06. The standard InChI is InChI=1S/C12H19N3/c1-11(2)7-13-6-4-3-5-12-8-14-10-15-9-12/h3,5,8-11,13H,4,6-7H2,1-2H3. The first-order chi connectivity index (χ1) is 7.29. The molecule has 3 heteroatoms. The maximum absolute atomic E-state index is 3.94. The first kappa shape index (κ1) is 11.9. The van der Waals surface area contributed by atoms with Crippen molar-refractivity contribution in [3.63, 3.8) is 0 Å². The average molecular weight is 205 g/mol. The van der Waals surface area contributed by atoms with Gasteiger partial charge in [-0.1, -0.05) is 26.0 Å². The van der Waals surface area contributed by atoms with Crippen molar-refractivity contribution < 1.29 is 0 Å². The van der Waals surface area contributed by atoms with Gasteiger partial charge >= 0.3 is 0 Å². The highest BCUT2D eigenvalue weighted by Gasteiger charge is 1.90. The van der Waals surface area contributed by atoms with E-state index in [0.29, 0.717) is 0 Å². The van der Waals surface area contributed by atoms with Gasteiger partial charge in [0.1, 0.15) is 6.33 Å². The summed E-state index contributed by atoms with van der Waals surface area (Å²) < 4.78 is 0. The van der Waals surface area contributed by atoms with Crippen molar-refractivity contribution in [3.8, 4) is 0 Å². The summed E-state index contributed by atoms with van der Waals surface area (Å²) in [7, 11) is 0. The Balaban J connectivity index is 2.12. The van der Waals surface area contributed by atoms with Gasteiger partial charge in [0.25, 0.3) is 0 Å². The number of aromatic nitrogens is 2. The van der Waals surface area contributed by atoms with Crippen molar-refractivity contribution in [2.75, 3.05) is 13.1 Å². The molecule has 0 aliphatic heterocycles. The number of hydrogen-bond acceptors (Lipinski definition) is 3. The third kappa shape index (κ3) is 5.96. The Kier molecular flexibility index (Phi) is 5.63. The molecular weight excluding hydrogens is 186 g/mol. The predicted molar refractivity (Wildman–Crippen MR) is 63.4 cm³/mol. The highest BCUT2D eigenvalue weighted by atomic mass is 14.8. The molecule has 0 atom stereocenters. The summed E-state index contributed by atoms with van der Waals surface area (Å²) in [5.74, 6) is 0.719. The lowest BCUT2D eigenvalue weighted by Crippen LogP contribution is -2.20. The molecule has 1 N–H and O–H groups in total. The third-order valence-electron chi connectivity index (χ3n) is 1.93. The van der Waals surface area contributed by atoms with Crippen LogP contribution in [0.3, 0.4) is 0 Å². The molecule has 0 aromatic carbocycles. The number of hydrogen-bond donors (Lipinski definition) is 1. The van der Waals surface area contributed by atoms with E-state index in [9.17, 15) is 0 Å². The SMILES string of the molecule is CC(C)CNCCC=Cc1cncnc1. The Labute approximate surface area is 91.7 Å². The Bertz CT molecular complexity index is 280. The van der Waals surface area contributed by atoms with Gasteiger partial charge in [-0.2, -0.15) is 0 Å². The second-order valence-electron chi connectivity index (χ2n) is 3.96. The van der Waals surface area contributed by atoms with Gasteiger partial charge in [-0.25, -0.2) is 9.97 Å². The average Bonchev–Trinajstić information content (AvgIpc) is 2.24. The summed E-state index contributed by atoms with van der Waals surface area (Å²) in [6, 6.07) is 0. The van der Waals surface area contributed by atoms with E-state index < -0.39 is 0 Å². The van der Waals surface area contributed by atoms with Gasteiger partial charge in [-0.15, -0.1) is 0 Å². The molecule has 0 saturated heterocycles. The van der Waals surface area contributed by atoms with Crippen molar-refractivity contribution >= 4 is 6.08 Å². The van der Waals surface area contributed by atoms with Crippen LogP contribution in [0.1, 0.15) is 25.8 Å². The summed E-state index contributed by atoms with van der Waals surface area (Å²) in [4.78, 5) is 7.89. The second kappa shape index (κ2) is 7.12. The molecule has 3 nitrogen and oxygen atoms in total. The highest BCUT2D eigenvalue weighted by Crippen LogP contribution is 1.97. The van der Waals surface area contributed by atoms with Crippen molar-refractivity contribution in [1.82, 2.24) is 15.3 Å². The molecule has 0 aliphatic rings. The maximum atomic E-state index is 3.94. The van der Waals surface area contributed by atoms with Crippen LogP contribution in [0.15, 0.2) is 24.8 Å². The monoisotopic (exact) mass is 205 g/mol. The van der Waals surface area contributed by atoms with Crippen LogP contribution in [0.5, 0.6) is 0 Å². The van der Waals surface area contributed by atoms with Gasteiger partial charge in [0, 0.05) is 18.0 Å². The van der Waals surface area contributed by atoms with E-state index in [1.54, 1.807) is 6.33 Å². The lowest BCUT2D eigenvalue weighted by atomic mass is 10.2. The molecule has 15 heavy (non-hydrogen) atoms. The minimum absolute atomic E-state index is 0.719. The van der Waals surface area contributed by atoms with Gasteiger partial charge in [0.15, 0.2) is 0 Å². The summed E-state index contributed by atoms with van der Waals surface area (Å²) in [6.07, 6.45) is 10.4. The normalized spacial score (nSPS) is 11.4. The zero-order valence-corrected chi connectivity index (χ0v) is 9.48. The van der Waals surface area contributed by atoms with Gasteiger partial charge in [0.2, 0.25) is 0 Å². The van der Waals surface area contributed by atoms with E-state index >= 15 is 0 Å². The smallest absolute Gasteiger partial charge is 0.115 e. The molecule has 0 radical (unpaired) electrons. The zero-order chi connectivity index (χ0) is 10.9. The molecule has 82 valence electrons. The molecule has 1 aromatic heterocycles. The summed E-state index contributed by atoms with van der Waals surface area (Å²) in [6.45, 7) is 6.54. The lowest BCUT2D eigenvalue weighted by Gasteiger charge is -2.04. The number of nitrogens with one attached hydrogen (secondary N) is 1. The fraction of sp³-hybridized carbons (Fsp3) is 0.500. The Morgan fingerprint density at radius 3 is 2.73 bits per heavy atom. The molecule has 1 heterocycles. The van der Waals surface area contributed by atoms with E-state index in [0.717, 1.165) is 31.0 Å². The van der Waals surface area contributed by atoms with Crippen LogP contribution in [0.25, 0.3) is 6.08 Å². The minimum Gasteiger partial charge on any atom is -0.316 e. The topological polar surface area (TPSA) is 37.8 Å². The van der Waals surface area contributed by atoms with E-state index in [-0.39, 0.29) is 0 Å². The van der Waals surface area contributed by atoms with Crippen molar-refractivity contribution in [2.45, 2.75) is 20.3 Å². The Hall–Kier alpha value is -1.22. The summed E-state index contributed by atoms with van der Waals surface area (Å²) >= 11 is 0. The second-order valence-corrected chi connectivity index (χ2v) is 3.96. The minimum atomic E-state index is 0.719. The Morgan fingerprint density at radius 1 is 1.33 bits per heavy atom. The van der Waals surface area contributed by atoms with Crippen LogP contribution in [-0.4, -0.2) is 23.1 Å². The van der Waals surface area contributed by atoms with Crippen LogP contribution < -0.4 is 5.32 Å². The van der Waals surface area contributed by atoms with E-state index in [4.69, 9.17) is 0 Å². The molecule has 0 unspecified atom stereocenters. The molecule has 1 aromatic rings. The van der Waals surface area contributed by atoms with Crippen LogP contribution in [-0.2, 0) is 0 Å². The molecule has 0 aliphatic carbocycles. The molecular formula is C12H19N3. The lowest BCUT2D eigenvalue weighted by molar-refractivity contribution is 0.557. The molecule has 0 saturated carbocycles. The number of rotatable bonds is 6. The van der Waals surface area contributed by atoms with Gasteiger partial charge < -0.3 is 5.32 Å². The van der Waals surface area contributed by atoms with Crippen LogP contribution in [0.2, 0.25) is 0 Å². The maximum Gasteiger partial charge on any atom is 0.115 e. The van der Waals surface area contributed by atoms with Crippen LogP contribution >= 0.6 is 0 Å². The molecule has 0 spiro atoms. The largest absolute Gasteiger partial charge is 0.316 e.